The molecule has 0 fully saturated rings. The van der Waals surface area contributed by atoms with Crippen molar-refractivity contribution in [2.24, 2.45) is 0 Å². The van der Waals surface area contributed by atoms with E-state index in [1.807, 2.05) is 59.6 Å². The zero-order valence-corrected chi connectivity index (χ0v) is 20.5. The molecule has 5 aromatic rings. The molecule has 8 heteroatoms. The largest absolute Gasteiger partial charge is 0.508 e. The van der Waals surface area contributed by atoms with Crippen LogP contribution in [0.1, 0.15) is 33.2 Å². The van der Waals surface area contributed by atoms with Crippen molar-refractivity contribution < 1.29 is 19.4 Å². The first-order chi connectivity index (χ1) is 18.1. The van der Waals surface area contributed by atoms with Crippen LogP contribution in [0.3, 0.4) is 0 Å². The van der Waals surface area contributed by atoms with Crippen molar-refractivity contribution in [3.8, 4) is 28.5 Å². The number of nitrogens with one attached hydrogen (secondary N) is 2. The molecule has 0 saturated heterocycles. The van der Waals surface area contributed by atoms with Gasteiger partial charge in [0.25, 0.3) is 5.91 Å². The maximum atomic E-state index is 13.7. The molecule has 37 heavy (non-hydrogen) atoms. The van der Waals surface area contributed by atoms with E-state index in [9.17, 15) is 9.90 Å². The second-order valence-corrected chi connectivity index (χ2v) is 9.06. The molecule has 1 aliphatic rings. The predicted octanol–water partition coefficient (Wildman–Crippen LogP) is 5.07. The van der Waals surface area contributed by atoms with Crippen molar-refractivity contribution in [3.63, 3.8) is 0 Å². The second-order valence-electron chi connectivity index (χ2n) is 9.06. The lowest BCUT2D eigenvalue weighted by Crippen LogP contribution is -2.31. The number of aromatic nitrogens is 3. The van der Waals surface area contributed by atoms with E-state index in [0.717, 1.165) is 44.7 Å². The highest BCUT2D eigenvalue weighted by Gasteiger charge is 2.42. The summed E-state index contributed by atoms with van der Waals surface area (Å²) in [5.74, 6) is 1.56. The van der Waals surface area contributed by atoms with Gasteiger partial charge in [-0.2, -0.15) is 5.10 Å². The van der Waals surface area contributed by atoms with Crippen LogP contribution in [-0.4, -0.2) is 51.9 Å². The number of fused-ring (bicyclic) bond motifs is 2. The van der Waals surface area contributed by atoms with E-state index in [-0.39, 0.29) is 11.7 Å². The third kappa shape index (κ3) is 3.87. The van der Waals surface area contributed by atoms with Gasteiger partial charge in [0.2, 0.25) is 0 Å². The highest BCUT2D eigenvalue weighted by atomic mass is 16.5. The molecule has 1 atom stereocenters. The molecule has 3 N–H and O–H groups in total. The Balaban J connectivity index is 1.39. The van der Waals surface area contributed by atoms with E-state index in [1.54, 1.807) is 32.4 Å². The van der Waals surface area contributed by atoms with E-state index in [1.165, 1.54) is 0 Å². The van der Waals surface area contributed by atoms with Gasteiger partial charge in [0, 0.05) is 34.8 Å². The van der Waals surface area contributed by atoms with Crippen LogP contribution >= 0.6 is 0 Å². The summed E-state index contributed by atoms with van der Waals surface area (Å²) in [6.45, 7) is 0.480. The number of nitrogens with zero attached hydrogens (tertiary/aromatic N) is 2. The number of aromatic amines is 2. The topological polar surface area (TPSA) is 103 Å². The normalized spacial score (nSPS) is 14.8. The second kappa shape index (κ2) is 9.05. The van der Waals surface area contributed by atoms with Crippen LogP contribution in [0, 0.1) is 0 Å². The Morgan fingerprint density at radius 2 is 1.78 bits per heavy atom. The van der Waals surface area contributed by atoms with Crippen molar-refractivity contribution in [1.82, 2.24) is 20.1 Å². The highest BCUT2D eigenvalue weighted by molar-refractivity contribution is 6.00. The molecule has 0 spiro atoms. The molecule has 8 nitrogen and oxygen atoms in total. The number of methoxy groups -OCH3 is 2. The summed E-state index contributed by atoms with van der Waals surface area (Å²) in [5.41, 5.74) is 5.80. The Kier molecular flexibility index (Phi) is 5.56. The standard InChI is InChI=1S/C29H26N4O4/c1-36-21-8-6-17(7-9-21)26-25-27(32-31-26)29(35)33(28(25)18-4-3-5-20(34)14-18)13-12-19-16-30-24-11-10-22(37-2)15-23(19)24/h3-11,14-16,28,30,34H,12-13H2,1-2H3,(H,31,32)/t28-/m0/s1. The molecule has 186 valence electrons. The fourth-order valence-corrected chi connectivity index (χ4v) is 5.17. The Morgan fingerprint density at radius 1 is 1.00 bits per heavy atom. The van der Waals surface area contributed by atoms with Crippen molar-refractivity contribution >= 4 is 16.8 Å². The summed E-state index contributed by atoms with van der Waals surface area (Å²) in [4.78, 5) is 18.8. The van der Waals surface area contributed by atoms with Gasteiger partial charge in [0.15, 0.2) is 0 Å². The lowest BCUT2D eigenvalue weighted by atomic mass is 9.95. The van der Waals surface area contributed by atoms with Crippen molar-refractivity contribution in [2.45, 2.75) is 12.5 Å². The van der Waals surface area contributed by atoms with E-state index in [0.29, 0.717) is 24.4 Å². The molecular formula is C29H26N4O4. The molecule has 2 aromatic heterocycles. The quantitative estimate of drug-likeness (QED) is 0.293. The van der Waals surface area contributed by atoms with Gasteiger partial charge in [-0.25, -0.2) is 0 Å². The fraction of sp³-hybridized carbons (Fsp3) is 0.172. The molecular weight excluding hydrogens is 468 g/mol. The fourth-order valence-electron chi connectivity index (χ4n) is 5.17. The number of aromatic hydroxyl groups is 1. The number of phenols is 1. The molecule has 0 unspecified atom stereocenters. The number of hydrogen-bond donors (Lipinski definition) is 3. The SMILES string of the molecule is COc1ccc(-c2n[nH]c3c2[C@H](c2cccc(O)c2)N(CCc2c[nH]c4ccc(OC)cc24)C3=O)cc1. The minimum Gasteiger partial charge on any atom is -0.508 e. The summed E-state index contributed by atoms with van der Waals surface area (Å²) in [5, 5.41) is 18.8. The van der Waals surface area contributed by atoms with Gasteiger partial charge < -0.3 is 24.5 Å². The van der Waals surface area contributed by atoms with Crippen LogP contribution in [0.4, 0.5) is 0 Å². The van der Waals surface area contributed by atoms with Gasteiger partial charge in [0.05, 0.1) is 26.0 Å². The molecule has 0 aliphatic carbocycles. The lowest BCUT2D eigenvalue weighted by molar-refractivity contribution is 0.0746. The molecule has 0 saturated carbocycles. The molecule has 3 heterocycles. The summed E-state index contributed by atoms with van der Waals surface area (Å²) in [6.07, 6.45) is 2.63. The monoisotopic (exact) mass is 494 g/mol. The van der Waals surface area contributed by atoms with E-state index in [4.69, 9.17) is 9.47 Å². The minimum atomic E-state index is -0.398. The van der Waals surface area contributed by atoms with Gasteiger partial charge in [-0.3, -0.25) is 9.89 Å². The number of amides is 1. The summed E-state index contributed by atoms with van der Waals surface area (Å²) >= 11 is 0. The average Bonchev–Trinajstić information content (AvgIpc) is 3.61. The highest BCUT2D eigenvalue weighted by Crippen LogP contribution is 2.43. The first-order valence-corrected chi connectivity index (χ1v) is 12.0. The molecule has 6 rings (SSSR count). The van der Waals surface area contributed by atoms with Crippen molar-refractivity contribution in [2.75, 3.05) is 20.8 Å². The van der Waals surface area contributed by atoms with E-state index < -0.39 is 6.04 Å². The number of benzene rings is 3. The van der Waals surface area contributed by atoms with E-state index >= 15 is 0 Å². The zero-order valence-electron chi connectivity index (χ0n) is 20.5. The Morgan fingerprint density at radius 3 is 2.54 bits per heavy atom. The van der Waals surface area contributed by atoms with Crippen LogP contribution in [0.5, 0.6) is 17.2 Å². The van der Waals surface area contributed by atoms with Crippen molar-refractivity contribution in [3.05, 3.63) is 95.3 Å². The number of carbonyl (C=O) groups is 1. The molecule has 0 bridgehead atoms. The zero-order chi connectivity index (χ0) is 25.5. The molecule has 1 aliphatic heterocycles. The summed E-state index contributed by atoms with van der Waals surface area (Å²) in [7, 11) is 3.28. The van der Waals surface area contributed by atoms with Gasteiger partial charge in [0.1, 0.15) is 22.9 Å². The van der Waals surface area contributed by atoms with Crippen LogP contribution < -0.4 is 9.47 Å². The Bertz CT molecular complexity index is 1600. The van der Waals surface area contributed by atoms with Gasteiger partial charge >= 0.3 is 0 Å². The molecule has 3 aromatic carbocycles. The average molecular weight is 495 g/mol. The summed E-state index contributed by atoms with van der Waals surface area (Å²) in [6, 6.07) is 20.2. The molecule has 0 radical (unpaired) electrons. The number of rotatable bonds is 7. The number of ether oxygens (including phenoxy) is 2. The third-order valence-corrected chi connectivity index (χ3v) is 7.01. The number of H-pyrrole nitrogens is 2. The maximum absolute atomic E-state index is 13.7. The Hall–Kier alpha value is -4.72. The van der Waals surface area contributed by atoms with E-state index in [2.05, 4.69) is 15.2 Å². The predicted molar refractivity (Wildman–Crippen MR) is 140 cm³/mol. The Labute approximate surface area is 213 Å². The maximum Gasteiger partial charge on any atom is 0.273 e. The van der Waals surface area contributed by atoms with Crippen LogP contribution in [0.15, 0.2) is 72.9 Å². The third-order valence-electron chi connectivity index (χ3n) is 7.01. The lowest BCUT2D eigenvalue weighted by Gasteiger charge is -2.26. The minimum absolute atomic E-state index is 0.118. The van der Waals surface area contributed by atoms with Crippen LogP contribution in [0.25, 0.3) is 22.2 Å². The van der Waals surface area contributed by atoms with Gasteiger partial charge in [-0.1, -0.05) is 12.1 Å². The van der Waals surface area contributed by atoms with Crippen molar-refractivity contribution in [1.29, 1.82) is 0 Å². The van der Waals surface area contributed by atoms with Gasteiger partial charge in [-0.05, 0) is 72.1 Å². The number of phenolic OH excluding ortho intramolecular Hbond substituents is 1. The number of carbonyl (C=O) groups excluding carboxylic acids is 1. The van der Waals surface area contributed by atoms with Crippen LogP contribution in [0.2, 0.25) is 0 Å². The first kappa shape index (κ1) is 22.7. The first-order valence-electron chi connectivity index (χ1n) is 12.0. The van der Waals surface area contributed by atoms with Gasteiger partial charge in [-0.15, -0.1) is 0 Å². The number of hydrogen-bond acceptors (Lipinski definition) is 5. The van der Waals surface area contributed by atoms with Crippen LogP contribution in [-0.2, 0) is 6.42 Å². The molecule has 1 amide bonds. The summed E-state index contributed by atoms with van der Waals surface area (Å²) < 4.78 is 10.7. The smallest absolute Gasteiger partial charge is 0.273 e.